The first-order valence-corrected chi connectivity index (χ1v) is 10.9. The van der Waals surface area contributed by atoms with Crippen molar-refractivity contribution in [1.82, 2.24) is 0 Å². The van der Waals surface area contributed by atoms with E-state index in [1.165, 1.54) is 0 Å². The second kappa shape index (κ2) is 7.56. The quantitative estimate of drug-likeness (QED) is 0.706. The van der Waals surface area contributed by atoms with Gasteiger partial charge < -0.3 is 9.47 Å². The van der Waals surface area contributed by atoms with Crippen LogP contribution in [0, 0.1) is 11.3 Å². The van der Waals surface area contributed by atoms with Crippen molar-refractivity contribution in [2.45, 2.75) is 58.5 Å². The first kappa shape index (κ1) is 19.5. The molecule has 28 heavy (non-hydrogen) atoms. The van der Waals surface area contributed by atoms with Gasteiger partial charge >= 0.3 is 5.97 Å². The molecule has 1 aromatic rings. The lowest BCUT2D eigenvalue weighted by molar-refractivity contribution is -0.149. The van der Waals surface area contributed by atoms with E-state index < -0.39 is 5.92 Å². The third-order valence-electron chi connectivity index (χ3n) is 5.84. The summed E-state index contributed by atoms with van der Waals surface area (Å²) >= 11 is 1.58. The highest BCUT2D eigenvalue weighted by Crippen LogP contribution is 2.48. The standard InChI is InChI=1S/C22H27NO4S/c1-13-18(21(25)27-12-14-6-4-8-26-14)20(17-7-5-9-28-17)19-15(23-13)10-22(2,3)11-16(19)24/h5,7,9,14,18,20H,4,6,8,10-12H2,1-3H3/t14-,18?,20+/m0/s1. The van der Waals surface area contributed by atoms with Crippen molar-refractivity contribution in [1.29, 1.82) is 0 Å². The maximum absolute atomic E-state index is 13.1. The number of esters is 1. The summed E-state index contributed by atoms with van der Waals surface area (Å²) in [6.45, 7) is 7.08. The predicted molar refractivity (Wildman–Crippen MR) is 109 cm³/mol. The van der Waals surface area contributed by atoms with Crippen molar-refractivity contribution in [3.05, 3.63) is 33.7 Å². The Balaban J connectivity index is 1.66. The molecule has 0 bridgehead atoms. The topological polar surface area (TPSA) is 65.0 Å². The number of carbonyl (C=O) groups is 2. The molecule has 150 valence electrons. The monoisotopic (exact) mass is 401 g/mol. The maximum atomic E-state index is 13.1. The van der Waals surface area contributed by atoms with Gasteiger partial charge in [-0.15, -0.1) is 11.3 Å². The largest absolute Gasteiger partial charge is 0.462 e. The molecule has 1 aromatic heterocycles. The molecule has 3 aliphatic rings. The predicted octanol–water partition coefficient (Wildman–Crippen LogP) is 4.29. The Morgan fingerprint density at radius 2 is 2.21 bits per heavy atom. The fourth-order valence-corrected chi connectivity index (χ4v) is 5.44. The van der Waals surface area contributed by atoms with Gasteiger partial charge in [0.25, 0.3) is 0 Å². The molecule has 0 amide bonds. The second-order valence-corrected chi connectivity index (χ2v) is 9.77. The van der Waals surface area contributed by atoms with Crippen LogP contribution in [-0.4, -0.2) is 36.8 Å². The minimum absolute atomic E-state index is 0.0168. The molecule has 0 spiro atoms. The summed E-state index contributed by atoms with van der Waals surface area (Å²) in [5, 5.41) is 1.99. The minimum atomic E-state index is -0.552. The summed E-state index contributed by atoms with van der Waals surface area (Å²) in [7, 11) is 0. The molecule has 2 aliphatic heterocycles. The summed E-state index contributed by atoms with van der Waals surface area (Å²) in [6, 6.07) is 3.97. The molecule has 3 atom stereocenters. The fraction of sp³-hybridized carbons (Fsp3) is 0.591. The molecule has 0 radical (unpaired) electrons. The summed E-state index contributed by atoms with van der Waals surface area (Å²) in [5.41, 5.74) is 2.19. The van der Waals surface area contributed by atoms with Crippen molar-refractivity contribution in [2.24, 2.45) is 16.3 Å². The van der Waals surface area contributed by atoms with Gasteiger partial charge in [0.1, 0.15) is 12.5 Å². The van der Waals surface area contributed by atoms with Crippen molar-refractivity contribution >= 4 is 28.8 Å². The third kappa shape index (κ3) is 3.72. The van der Waals surface area contributed by atoms with Crippen LogP contribution in [0.25, 0.3) is 0 Å². The van der Waals surface area contributed by atoms with Crippen LogP contribution in [0.3, 0.4) is 0 Å². The lowest BCUT2D eigenvalue weighted by Gasteiger charge is -2.38. The number of Topliss-reactive ketones (excluding diaryl/α,β-unsaturated/α-hetero) is 1. The summed E-state index contributed by atoms with van der Waals surface area (Å²) in [6.07, 6.45) is 3.15. The summed E-state index contributed by atoms with van der Waals surface area (Å²) < 4.78 is 11.2. The zero-order valence-corrected chi connectivity index (χ0v) is 17.5. The molecule has 0 aromatic carbocycles. The van der Waals surface area contributed by atoms with Crippen LogP contribution >= 0.6 is 11.3 Å². The van der Waals surface area contributed by atoms with Crippen LogP contribution in [0.4, 0.5) is 0 Å². The first-order valence-electron chi connectivity index (χ1n) is 9.99. The molecule has 1 aliphatic carbocycles. The lowest BCUT2D eigenvalue weighted by atomic mass is 9.68. The minimum Gasteiger partial charge on any atom is -0.462 e. The highest BCUT2D eigenvalue weighted by Gasteiger charge is 2.46. The Kier molecular flexibility index (Phi) is 5.27. The van der Waals surface area contributed by atoms with Gasteiger partial charge in [-0.3, -0.25) is 14.6 Å². The van der Waals surface area contributed by atoms with Gasteiger partial charge in [-0.1, -0.05) is 19.9 Å². The molecule has 1 saturated heterocycles. The van der Waals surface area contributed by atoms with Crippen molar-refractivity contribution in [3.8, 4) is 0 Å². The number of carbonyl (C=O) groups excluding carboxylic acids is 2. The molecule has 1 fully saturated rings. The van der Waals surface area contributed by atoms with Crippen molar-refractivity contribution in [2.75, 3.05) is 13.2 Å². The number of ketones is 1. The van der Waals surface area contributed by atoms with Crippen LogP contribution in [0.2, 0.25) is 0 Å². The smallest absolute Gasteiger partial charge is 0.315 e. The van der Waals surface area contributed by atoms with E-state index in [0.717, 1.165) is 42.2 Å². The van der Waals surface area contributed by atoms with E-state index in [0.29, 0.717) is 12.0 Å². The van der Waals surface area contributed by atoms with E-state index in [2.05, 4.69) is 13.8 Å². The zero-order valence-electron chi connectivity index (χ0n) is 16.7. The number of hydrogen-bond acceptors (Lipinski definition) is 6. The average Bonchev–Trinajstić information content (AvgIpc) is 3.31. The number of thiophene rings is 1. The number of nitrogens with zero attached hydrogens (tertiary/aromatic N) is 1. The van der Waals surface area contributed by atoms with Crippen LogP contribution < -0.4 is 0 Å². The van der Waals surface area contributed by atoms with Gasteiger partial charge in [-0.05, 0) is 43.0 Å². The number of hydrogen-bond donors (Lipinski definition) is 0. The Labute approximate surface area is 169 Å². The molecule has 0 saturated carbocycles. The summed E-state index contributed by atoms with van der Waals surface area (Å²) in [4.78, 5) is 32.0. The van der Waals surface area contributed by atoms with Crippen LogP contribution in [0.15, 0.2) is 33.8 Å². The molecular formula is C22H27NO4S. The van der Waals surface area contributed by atoms with E-state index in [-0.39, 0.29) is 35.8 Å². The Morgan fingerprint density at radius 1 is 1.39 bits per heavy atom. The SMILES string of the molecule is CC1=NC2=C(C(=O)CC(C)(C)C2)[C@H](c2cccs2)C1C(=O)OC[C@@H]1CCCO1. The van der Waals surface area contributed by atoms with Gasteiger partial charge in [0.2, 0.25) is 0 Å². The molecule has 1 unspecified atom stereocenters. The molecule has 6 heteroatoms. The van der Waals surface area contributed by atoms with Gasteiger partial charge in [0.15, 0.2) is 5.78 Å². The lowest BCUT2D eigenvalue weighted by Crippen LogP contribution is -2.39. The normalized spacial score (nSPS) is 29.5. The van der Waals surface area contributed by atoms with Gasteiger partial charge in [0.05, 0.1) is 6.10 Å². The molecule has 3 heterocycles. The molecule has 4 rings (SSSR count). The van der Waals surface area contributed by atoms with Crippen LogP contribution in [-0.2, 0) is 19.1 Å². The highest BCUT2D eigenvalue weighted by atomic mass is 32.1. The first-order chi connectivity index (χ1) is 13.4. The van der Waals surface area contributed by atoms with E-state index in [1.54, 1.807) is 11.3 Å². The number of ether oxygens (including phenoxy) is 2. The highest BCUT2D eigenvalue weighted by molar-refractivity contribution is 7.10. The third-order valence-corrected chi connectivity index (χ3v) is 6.80. The van der Waals surface area contributed by atoms with Gasteiger partial charge in [-0.2, -0.15) is 0 Å². The Bertz CT molecular complexity index is 831. The van der Waals surface area contributed by atoms with Gasteiger partial charge in [0, 0.05) is 40.8 Å². The molecular weight excluding hydrogens is 374 g/mol. The summed E-state index contributed by atoms with van der Waals surface area (Å²) in [5.74, 6) is -1.05. The van der Waals surface area contributed by atoms with E-state index in [4.69, 9.17) is 14.5 Å². The second-order valence-electron chi connectivity index (χ2n) is 8.79. The van der Waals surface area contributed by atoms with Crippen LogP contribution in [0.1, 0.15) is 57.2 Å². The molecule has 0 N–H and O–H groups in total. The maximum Gasteiger partial charge on any atom is 0.315 e. The van der Waals surface area contributed by atoms with Crippen LogP contribution in [0.5, 0.6) is 0 Å². The van der Waals surface area contributed by atoms with E-state index in [1.807, 2.05) is 24.4 Å². The van der Waals surface area contributed by atoms with E-state index in [9.17, 15) is 9.59 Å². The number of aliphatic imine (C=N–C) groups is 1. The Morgan fingerprint density at radius 3 is 2.89 bits per heavy atom. The van der Waals surface area contributed by atoms with Crippen molar-refractivity contribution < 1.29 is 19.1 Å². The fourth-order valence-electron chi connectivity index (χ4n) is 4.57. The number of rotatable bonds is 4. The Hall–Kier alpha value is -1.79. The van der Waals surface area contributed by atoms with Gasteiger partial charge in [-0.25, -0.2) is 0 Å². The zero-order chi connectivity index (χ0) is 19.9. The number of allylic oxidation sites excluding steroid dienone is 2. The van der Waals surface area contributed by atoms with E-state index >= 15 is 0 Å². The average molecular weight is 402 g/mol. The van der Waals surface area contributed by atoms with Crippen molar-refractivity contribution in [3.63, 3.8) is 0 Å². The molecule has 5 nitrogen and oxygen atoms in total.